The van der Waals surface area contributed by atoms with Gasteiger partial charge in [-0.3, -0.25) is 0 Å². The molecule has 0 aromatic heterocycles. The predicted molar refractivity (Wildman–Crippen MR) is 47.6 cm³/mol. The lowest BCUT2D eigenvalue weighted by atomic mass is 10.3. The first-order valence-electron chi connectivity index (χ1n) is 3.29. The van der Waals surface area contributed by atoms with Crippen molar-refractivity contribution in [3.05, 3.63) is 23.2 Å². The number of benzene rings is 1. The van der Waals surface area contributed by atoms with Crippen molar-refractivity contribution in [3.8, 4) is 5.75 Å². The summed E-state index contributed by atoms with van der Waals surface area (Å²) >= 11 is 5.84. The highest BCUT2D eigenvalue weighted by atomic mass is 35.5. The minimum Gasteiger partial charge on any atom is -0.497 e. The number of anilines is 1. The van der Waals surface area contributed by atoms with Crippen molar-refractivity contribution in [1.82, 2.24) is 0 Å². The van der Waals surface area contributed by atoms with E-state index in [-0.39, 0.29) is 0 Å². The average Bonchev–Trinajstić information content (AvgIpc) is 2.05. The Morgan fingerprint density at radius 2 is 2.18 bits per heavy atom. The van der Waals surface area contributed by atoms with Gasteiger partial charge in [0.25, 0.3) is 0 Å². The molecule has 1 aromatic rings. The zero-order valence-corrected chi connectivity index (χ0v) is 7.27. The van der Waals surface area contributed by atoms with Crippen LogP contribution < -0.4 is 10.1 Å². The maximum Gasteiger partial charge on any atom is 0.121 e. The normalized spacial score (nSPS) is 9.36. The minimum absolute atomic E-state index is 0.702. The van der Waals surface area contributed by atoms with E-state index < -0.39 is 0 Å². The average molecular weight is 172 g/mol. The largest absolute Gasteiger partial charge is 0.497 e. The van der Waals surface area contributed by atoms with Gasteiger partial charge >= 0.3 is 0 Å². The van der Waals surface area contributed by atoms with Crippen LogP contribution in [0.3, 0.4) is 0 Å². The summed E-state index contributed by atoms with van der Waals surface area (Å²) in [6, 6.07) is 5.47. The third-order valence-electron chi connectivity index (χ3n) is 1.44. The zero-order valence-electron chi connectivity index (χ0n) is 6.52. The highest BCUT2D eigenvalue weighted by Crippen LogP contribution is 2.25. The summed E-state index contributed by atoms with van der Waals surface area (Å²) in [5, 5.41) is 3.66. The molecule has 0 bridgehead atoms. The molecule has 1 N–H and O–H groups in total. The van der Waals surface area contributed by atoms with Gasteiger partial charge in [-0.25, -0.2) is 0 Å². The number of hydrogen-bond donors (Lipinski definition) is 1. The fourth-order valence-electron chi connectivity index (χ4n) is 0.823. The molecule has 0 aliphatic rings. The van der Waals surface area contributed by atoms with E-state index in [1.807, 2.05) is 19.2 Å². The van der Waals surface area contributed by atoms with Gasteiger partial charge in [0.15, 0.2) is 0 Å². The molecule has 0 atom stereocenters. The SMILES string of the molecule is CNc1cc(OC)ccc1Cl. The second-order valence-corrected chi connectivity index (χ2v) is 2.50. The van der Waals surface area contributed by atoms with E-state index in [1.165, 1.54) is 0 Å². The van der Waals surface area contributed by atoms with Crippen molar-refractivity contribution in [2.75, 3.05) is 19.5 Å². The first kappa shape index (κ1) is 8.21. The molecular weight excluding hydrogens is 162 g/mol. The Morgan fingerprint density at radius 3 is 2.73 bits per heavy atom. The monoisotopic (exact) mass is 171 g/mol. The smallest absolute Gasteiger partial charge is 0.121 e. The van der Waals surface area contributed by atoms with Gasteiger partial charge in [0.2, 0.25) is 0 Å². The van der Waals surface area contributed by atoms with Crippen LogP contribution in [-0.4, -0.2) is 14.2 Å². The van der Waals surface area contributed by atoms with Crippen molar-refractivity contribution in [1.29, 1.82) is 0 Å². The Morgan fingerprint density at radius 1 is 1.45 bits per heavy atom. The van der Waals surface area contributed by atoms with E-state index in [0.29, 0.717) is 5.02 Å². The van der Waals surface area contributed by atoms with Crippen molar-refractivity contribution >= 4 is 17.3 Å². The van der Waals surface area contributed by atoms with Crippen molar-refractivity contribution in [3.63, 3.8) is 0 Å². The van der Waals surface area contributed by atoms with Crippen LogP contribution in [-0.2, 0) is 0 Å². The number of rotatable bonds is 2. The quantitative estimate of drug-likeness (QED) is 0.738. The van der Waals surface area contributed by atoms with E-state index in [4.69, 9.17) is 16.3 Å². The predicted octanol–water partition coefficient (Wildman–Crippen LogP) is 2.39. The van der Waals surface area contributed by atoms with Gasteiger partial charge in [-0.1, -0.05) is 11.6 Å². The minimum atomic E-state index is 0.702. The van der Waals surface area contributed by atoms with Crippen LogP contribution >= 0.6 is 11.6 Å². The molecule has 1 rings (SSSR count). The molecule has 3 heteroatoms. The van der Waals surface area contributed by atoms with Crippen molar-refractivity contribution in [2.24, 2.45) is 0 Å². The third kappa shape index (κ3) is 1.77. The molecule has 1 aromatic carbocycles. The van der Waals surface area contributed by atoms with E-state index in [0.717, 1.165) is 11.4 Å². The van der Waals surface area contributed by atoms with E-state index in [2.05, 4.69) is 5.32 Å². The molecule has 0 aliphatic heterocycles. The highest BCUT2D eigenvalue weighted by Gasteiger charge is 1.98. The lowest BCUT2D eigenvalue weighted by Gasteiger charge is -2.05. The lowest BCUT2D eigenvalue weighted by molar-refractivity contribution is 0.415. The van der Waals surface area contributed by atoms with Crippen LogP contribution in [0.15, 0.2) is 18.2 Å². The molecule has 0 aliphatic carbocycles. The molecule has 0 unspecified atom stereocenters. The Bertz CT molecular complexity index is 250. The van der Waals surface area contributed by atoms with Crippen LogP contribution in [0, 0.1) is 0 Å². The molecule has 0 saturated carbocycles. The van der Waals surface area contributed by atoms with Gasteiger partial charge in [0.05, 0.1) is 17.8 Å². The summed E-state index contributed by atoms with van der Waals surface area (Å²) in [7, 11) is 3.45. The summed E-state index contributed by atoms with van der Waals surface area (Å²) in [5.41, 5.74) is 0.881. The van der Waals surface area contributed by atoms with Crippen molar-refractivity contribution in [2.45, 2.75) is 0 Å². The molecule has 2 nitrogen and oxygen atoms in total. The number of methoxy groups -OCH3 is 1. The van der Waals surface area contributed by atoms with Crippen LogP contribution in [0.25, 0.3) is 0 Å². The summed E-state index contributed by atoms with van der Waals surface area (Å²) in [6.07, 6.45) is 0. The summed E-state index contributed by atoms with van der Waals surface area (Å²) in [5.74, 6) is 0.804. The maximum absolute atomic E-state index is 5.84. The maximum atomic E-state index is 5.84. The van der Waals surface area contributed by atoms with Gasteiger partial charge in [-0.2, -0.15) is 0 Å². The first-order valence-corrected chi connectivity index (χ1v) is 3.67. The molecule has 0 radical (unpaired) electrons. The van der Waals surface area contributed by atoms with Crippen molar-refractivity contribution < 1.29 is 4.74 Å². The molecule has 0 saturated heterocycles. The molecular formula is C8H10ClNO. The topological polar surface area (TPSA) is 21.3 Å². The number of hydrogen-bond acceptors (Lipinski definition) is 2. The van der Waals surface area contributed by atoms with E-state index >= 15 is 0 Å². The zero-order chi connectivity index (χ0) is 8.27. The fourth-order valence-corrected chi connectivity index (χ4v) is 1.03. The van der Waals surface area contributed by atoms with Gasteiger partial charge < -0.3 is 10.1 Å². The second kappa shape index (κ2) is 3.49. The highest BCUT2D eigenvalue weighted by molar-refractivity contribution is 6.33. The lowest BCUT2D eigenvalue weighted by Crippen LogP contribution is -1.90. The van der Waals surface area contributed by atoms with Gasteiger partial charge in [0, 0.05) is 13.1 Å². The molecule has 0 amide bonds. The third-order valence-corrected chi connectivity index (χ3v) is 1.77. The Balaban J connectivity index is 3.02. The number of nitrogens with one attached hydrogen (secondary N) is 1. The Kier molecular flexibility index (Phi) is 2.60. The van der Waals surface area contributed by atoms with E-state index in [9.17, 15) is 0 Å². The number of halogens is 1. The molecule has 11 heavy (non-hydrogen) atoms. The molecule has 60 valence electrons. The Labute approximate surface area is 71.1 Å². The summed E-state index contributed by atoms with van der Waals surface area (Å²) in [4.78, 5) is 0. The molecule has 0 heterocycles. The summed E-state index contributed by atoms with van der Waals surface area (Å²) < 4.78 is 5.01. The summed E-state index contributed by atoms with van der Waals surface area (Å²) in [6.45, 7) is 0. The van der Waals surface area contributed by atoms with Gasteiger partial charge in [-0.15, -0.1) is 0 Å². The first-order chi connectivity index (χ1) is 5.27. The van der Waals surface area contributed by atoms with Gasteiger partial charge in [0.1, 0.15) is 5.75 Å². The van der Waals surface area contributed by atoms with Crippen LogP contribution in [0.2, 0.25) is 5.02 Å². The number of ether oxygens (including phenoxy) is 1. The van der Waals surface area contributed by atoms with E-state index in [1.54, 1.807) is 13.2 Å². The second-order valence-electron chi connectivity index (χ2n) is 2.10. The van der Waals surface area contributed by atoms with Crippen LogP contribution in [0.5, 0.6) is 5.75 Å². The standard InChI is InChI=1S/C8H10ClNO/c1-10-8-5-6(11-2)3-4-7(8)9/h3-5,10H,1-2H3. The van der Waals surface area contributed by atoms with Crippen LogP contribution in [0.4, 0.5) is 5.69 Å². The molecule has 0 fully saturated rings. The Hall–Kier alpha value is -0.890. The molecule has 0 spiro atoms. The fraction of sp³-hybridized carbons (Fsp3) is 0.250. The van der Waals surface area contributed by atoms with Gasteiger partial charge in [-0.05, 0) is 12.1 Å². The van der Waals surface area contributed by atoms with Crippen LogP contribution in [0.1, 0.15) is 0 Å².